The zero-order chi connectivity index (χ0) is 14.0. The first-order valence-electron chi connectivity index (χ1n) is 5.59. The van der Waals surface area contributed by atoms with Crippen molar-refractivity contribution in [1.29, 1.82) is 0 Å². The van der Waals surface area contributed by atoms with Crippen LogP contribution in [0.3, 0.4) is 0 Å². The molecule has 1 aromatic heterocycles. The molecule has 7 heteroatoms. The molecule has 0 aliphatic carbocycles. The van der Waals surface area contributed by atoms with E-state index in [1.807, 2.05) is 0 Å². The number of methoxy groups -OCH3 is 1. The molecule has 1 atom stereocenters. The highest BCUT2D eigenvalue weighted by atomic mass is 19.1. The molecule has 2 aromatic rings. The summed E-state index contributed by atoms with van der Waals surface area (Å²) in [4.78, 5) is 15.1. The van der Waals surface area contributed by atoms with Crippen molar-refractivity contribution in [3.63, 3.8) is 0 Å². The Morgan fingerprint density at radius 3 is 2.89 bits per heavy atom. The predicted molar refractivity (Wildman–Crippen MR) is 65.3 cm³/mol. The Morgan fingerprint density at radius 2 is 2.26 bits per heavy atom. The molecule has 100 valence electrons. The molecule has 6 nitrogen and oxygen atoms in total. The summed E-state index contributed by atoms with van der Waals surface area (Å²) in [5, 5.41) is 3.89. The molecule has 0 saturated carbocycles. The van der Waals surface area contributed by atoms with E-state index in [2.05, 4.69) is 14.8 Å². The number of benzene rings is 1. The van der Waals surface area contributed by atoms with Crippen LogP contribution in [0.5, 0.6) is 0 Å². The Hall–Kier alpha value is -2.28. The lowest BCUT2D eigenvalue weighted by Gasteiger charge is -2.12. The van der Waals surface area contributed by atoms with Gasteiger partial charge in [0.2, 0.25) is 0 Å². The molecule has 0 fully saturated rings. The maximum Gasteiger partial charge on any atom is 0.377 e. The van der Waals surface area contributed by atoms with Crippen LogP contribution in [0.15, 0.2) is 24.5 Å². The molecule has 0 spiro atoms. The van der Waals surface area contributed by atoms with E-state index >= 15 is 0 Å². The first kappa shape index (κ1) is 13.2. The number of ether oxygens (including phenoxy) is 1. The molecular formula is C12H13FN4O2. The topological polar surface area (TPSA) is 83.0 Å². The predicted octanol–water partition coefficient (Wildman–Crippen LogP) is 1.21. The average molecular weight is 264 g/mol. The number of halogens is 1. The van der Waals surface area contributed by atoms with E-state index in [9.17, 15) is 9.18 Å². The Kier molecular flexibility index (Phi) is 3.57. The first-order chi connectivity index (χ1) is 9.04. The van der Waals surface area contributed by atoms with Gasteiger partial charge in [0, 0.05) is 6.04 Å². The lowest BCUT2D eigenvalue weighted by molar-refractivity contribution is 0.0587. The lowest BCUT2D eigenvalue weighted by Crippen LogP contribution is -2.12. The number of carbonyl (C=O) groups excluding carboxylic acids is 1. The summed E-state index contributed by atoms with van der Waals surface area (Å²) in [5.74, 6) is -1.31. The summed E-state index contributed by atoms with van der Waals surface area (Å²) in [6.45, 7) is 1.73. The molecule has 0 saturated heterocycles. The molecule has 0 amide bonds. The standard InChI is InChI=1S/C12H13FN4O2/c1-7(14)8-4-3-5-9(13)10(8)17-6-15-11(16-17)12(18)19-2/h3-7H,14H2,1-2H3/t7-/m0/s1. The average Bonchev–Trinajstić information content (AvgIpc) is 2.86. The van der Waals surface area contributed by atoms with E-state index in [1.54, 1.807) is 19.1 Å². The molecule has 0 radical (unpaired) electrons. The third kappa shape index (κ3) is 2.45. The van der Waals surface area contributed by atoms with Gasteiger partial charge in [-0.05, 0) is 18.6 Å². The molecule has 0 unspecified atom stereocenters. The minimum Gasteiger partial charge on any atom is -0.463 e. The van der Waals surface area contributed by atoms with Crippen molar-refractivity contribution in [3.05, 3.63) is 41.7 Å². The van der Waals surface area contributed by atoms with Gasteiger partial charge in [0.1, 0.15) is 17.8 Å². The Morgan fingerprint density at radius 1 is 1.53 bits per heavy atom. The number of aromatic nitrogens is 3. The summed E-state index contributed by atoms with van der Waals surface area (Å²) in [7, 11) is 1.22. The normalized spacial score (nSPS) is 12.2. The summed E-state index contributed by atoms with van der Waals surface area (Å²) < 4.78 is 19.6. The Labute approximate surface area is 109 Å². The van der Waals surface area contributed by atoms with Crippen LogP contribution in [0.1, 0.15) is 29.1 Å². The number of rotatable bonds is 3. The quantitative estimate of drug-likeness (QED) is 0.842. The highest BCUT2D eigenvalue weighted by molar-refractivity contribution is 5.84. The second kappa shape index (κ2) is 5.15. The maximum atomic E-state index is 13.9. The number of carbonyl (C=O) groups is 1. The third-order valence-electron chi connectivity index (χ3n) is 2.60. The Balaban J connectivity index is 2.53. The van der Waals surface area contributed by atoms with Crippen molar-refractivity contribution in [1.82, 2.24) is 14.8 Å². The molecule has 2 N–H and O–H groups in total. The van der Waals surface area contributed by atoms with E-state index in [1.165, 1.54) is 24.2 Å². The van der Waals surface area contributed by atoms with Gasteiger partial charge in [0.15, 0.2) is 0 Å². The van der Waals surface area contributed by atoms with Crippen molar-refractivity contribution in [2.75, 3.05) is 7.11 Å². The van der Waals surface area contributed by atoms with Gasteiger partial charge in [0.25, 0.3) is 5.82 Å². The highest BCUT2D eigenvalue weighted by Crippen LogP contribution is 2.22. The molecule has 19 heavy (non-hydrogen) atoms. The Bertz CT molecular complexity index is 610. The summed E-state index contributed by atoms with van der Waals surface area (Å²) >= 11 is 0. The van der Waals surface area contributed by atoms with E-state index in [-0.39, 0.29) is 17.6 Å². The molecular weight excluding hydrogens is 251 g/mol. The molecule has 0 aliphatic heterocycles. The number of esters is 1. The summed E-state index contributed by atoms with van der Waals surface area (Å²) in [6.07, 6.45) is 1.25. The van der Waals surface area contributed by atoms with Crippen molar-refractivity contribution >= 4 is 5.97 Å². The molecule has 1 heterocycles. The van der Waals surface area contributed by atoms with Crippen molar-refractivity contribution in [2.24, 2.45) is 5.73 Å². The molecule has 2 rings (SSSR count). The van der Waals surface area contributed by atoms with Crippen LogP contribution in [0.4, 0.5) is 4.39 Å². The number of hydrogen-bond donors (Lipinski definition) is 1. The van der Waals surface area contributed by atoms with Gasteiger partial charge in [-0.25, -0.2) is 18.9 Å². The minimum atomic E-state index is -0.683. The molecule has 1 aromatic carbocycles. The first-order valence-corrected chi connectivity index (χ1v) is 5.59. The second-order valence-electron chi connectivity index (χ2n) is 3.97. The van der Waals surface area contributed by atoms with Crippen LogP contribution >= 0.6 is 0 Å². The van der Waals surface area contributed by atoms with Gasteiger partial charge in [-0.15, -0.1) is 5.10 Å². The van der Waals surface area contributed by atoms with Crippen LogP contribution in [0, 0.1) is 5.82 Å². The second-order valence-corrected chi connectivity index (χ2v) is 3.97. The maximum absolute atomic E-state index is 13.9. The van der Waals surface area contributed by atoms with Crippen molar-refractivity contribution < 1.29 is 13.9 Å². The number of para-hydroxylation sites is 1. The number of hydrogen-bond acceptors (Lipinski definition) is 5. The van der Waals surface area contributed by atoms with Crippen LogP contribution < -0.4 is 5.73 Å². The number of nitrogens with two attached hydrogens (primary N) is 1. The monoisotopic (exact) mass is 264 g/mol. The zero-order valence-electron chi connectivity index (χ0n) is 10.5. The van der Waals surface area contributed by atoms with Gasteiger partial charge in [-0.2, -0.15) is 0 Å². The van der Waals surface area contributed by atoms with Gasteiger partial charge in [-0.1, -0.05) is 12.1 Å². The SMILES string of the molecule is COC(=O)c1ncn(-c2c(F)cccc2[C@H](C)N)n1. The van der Waals surface area contributed by atoms with Gasteiger partial charge < -0.3 is 10.5 Å². The van der Waals surface area contributed by atoms with Crippen molar-refractivity contribution in [3.8, 4) is 5.69 Å². The van der Waals surface area contributed by atoms with Crippen LogP contribution in [-0.4, -0.2) is 27.8 Å². The third-order valence-corrected chi connectivity index (χ3v) is 2.60. The van der Waals surface area contributed by atoms with E-state index in [0.717, 1.165) is 0 Å². The van der Waals surface area contributed by atoms with Crippen LogP contribution in [0.25, 0.3) is 5.69 Å². The largest absolute Gasteiger partial charge is 0.463 e. The smallest absolute Gasteiger partial charge is 0.377 e. The summed E-state index contributed by atoms with van der Waals surface area (Å²) in [5.41, 5.74) is 6.55. The molecule has 0 bridgehead atoms. The van der Waals surface area contributed by atoms with Crippen molar-refractivity contribution in [2.45, 2.75) is 13.0 Å². The van der Waals surface area contributed by atoms with Crippen LogP contribution in [0.2, 0.25) is 0 Å². The number of nitrogens with zero attached hydrogens (tertiary/aromatic N) is 3. The minimum absolute atomic E-state index is 0.138. The van der Waals surface area contributed by atoms with Gasteiger partial charge in [0.05, 0.1) is 7.11 Å². The summed E-state index contributed by atoms with van der Waals surface area (Å²) in [6, 6.07) is 4.18. The van der Waals surface area contributed by atoms with E-state index in [4.69, 9.17) is 5.73 Å². The zero-order valence-corrected chi connectivity index (χ0v) is 10.5. The fourth-order valence-electron chi connectivity index (χ4n) is 1.70. The van der Waals surface area contributed by atoms with Gasteiger partial charge >= 0.3 is 5.97 Å². The van der Waals surface area contributed by atoms with E-state index < -0.39 is 11.8 Å². The lowest BCUT2D eigenvalue weighted by atomic mass is 10.1. The fraction of sp³-hybridized carbons (Fsp3) is 0.250. The van der Waals surface area contributed by atoms with E-state index in [0.29, 0.717) is 5.56 Å². The van der Waals surface area contributed by atoms with Gasteiger partial charge in [-0.3, -0.25) is 0 Å². The van der Waals surface area contributed by atoms with Crippen LogP contribution in [-0.2, 0) is 4.74 Å². The fourth-order valence-corrected chi connectivity index (χ4v) is 1.70. The molecule has 0 aliphatic rings. The highest BCUT2D eigenvalue weighted by Gasteiger charge is 2.17.